The highest BCUT2D eigenvalue weighted by Crippen LogP contribution is 2.31. The molecule has 5 nitrogen and oxygen atoms in total. The van der Waals surface area contributed by atoms with Crippen molar-refractivity contribution in [2.45, 2.75) is 19.4 Å². The molecule has 1 heterocycles. The molecule has 0 radical (unpaired) electrons. The lowest BCUT2D eigenvalue weighted by Gasteiger charge is -2.34. The van der Waals surface area contributed by atoms with Crippen molar-refractivity contribution in [3.05, 3.63) is 39.9 Å². The van der Waals surface area contributed by atoms with E-state index < -0.39 is 0 Å². The Labute approximate surface area is 131 Å². The van der Waals surface area contributed by atoms with Crippen LogP contribution in [0, 0.1) is 10.1 Å². The van der Waals surface area contributed by atoms with Crippen molar-refractivity contribution in [2.75, 3.05) is 26.2 Å². The zero-order valence-corrected chi connectivity index (χ0v) is 13.1. The van der Waals surface area contributed by atoms with Gasteiger partial charge in [0.2, 0.25) is 0 Å². The Morgan fingerprint density at radius 3 is 2.45 bits per heavy atom. The molecule has 0 amide bonds. The summed E-state index contributed by atoms with van der Waals surface area (Å²) in [6.07, 6.45) is 0.894. The molecule has 1 fully saturated rings. The number of nitrogens with zero attached hydrogens (tertiary/aromatic N) is 2. The van der Waals surface area contributed by atoms with E-state index in [0.717, 1.165) is 38.2 Å². The maximum Gasteiger partial charge on any atom is 0.274 e. The summed E-state index contributed by atoms with van der Waals surface area (Å²) in [6, 6.07) is 7.24. The number of hydrogen-bond donors (Lipinski definition) is 1. The predicted octanol–water partition coefficient (Wildman–Crippen LogP) is 2.79. The van der Waals surface area contributed by atoms with Crippen LogP contribution in [-0.2, 0) is 0 Å². The highest BCUT2D eigenvalue weighted by molar-refractivity contribution is 5.85. The maximum atomic E-state index is 11.1. The Balaban J connectivity index is 0.00000180. The third kappa shape index (κ3) is 4.31. The topological polar surface area (TPSA) is 58.4 Å². The third-order valence-electron chi connectivity index (χ3n) is 3.47. The van der Waals surface area contributed by atoms with Crippen LogP contribution >= 0.6 is 24.8 Å². The summed E-state index contributed by atoms with van der Waals surface area (Å²) in [4.78, 5) is 13.2. The molecule has 0 aromatic heterocycles. The summed E-state index contributed by atoms with van der Waals surface area (Å²) in [5, 5.41) is 14.4. The van der Waals surface area contributed by atoms with Crippen LogP contribution in [0.15, 0.2) is 24.3 Å². The lowest BCUT2D eigenvalue weighted by Crippen LogP contribution is -2.45. The number of hydrogen-bond acceptors (Lipinski definition) is 4. The van der Waals surface area contributed by atoms with Crippen molar-refractivity contribution in [2.24, 2.45) is 0 Å². The van der Waals surface area contributed by atoms with Crippen molar-refractivity contribution >= 4 is 30.5 Å². The minimum Gasteiger partial charge on any atom is -0.314 e. The van der Waals surface area contributed by atoms with Gasteiger partial charge in [-0.05, 0) is 6.42 Å². The van der Waals surface area contributed by atoms with Crippen LogP contribution < -0.4 is 5.32 Å². The number of nitrogens with one attached hydrogen (secondary N) is 1. The number of benzene rings is 1. The molecule has 1 N–H and O–H groups in total. The molecule has 0 aliphatic carbocycles. The standard InChI is InChI=1S/C13H19N3O2.2ClH/c1-2-12(15-9-7-14-8-10-15)11-5-3-4-6-13(11)16(17)18;;/h3-6,12,14H,2,7-10H2,1H3;2*1H/t12-;;/m1../s1. The molecule has 1 aliphatic heterocycles. The second kappa shape index (κ2) is 9.13. The van der Waals surface area contributed by atoms with E-state index in [4.69, 9.17) is 0 Å². The van der Waals surface area contributed by atoms with Gasteiger partial charge in [0.05, 0.1) is 4.92 Å². The molecule has 1 aromatic carbocycles. The normalized spacial score (nSPS) is 16.6. The van der Waals surface area contributed by atoms with E-state index >= 15 is 0 Å². The Morgan fingerprint density at radius 1 is 1.30 bits per heavy atom. The first-order valence-corrected chi connectivity index (χ1v) is 6.42. The van der Waals surface area contributed by atoms with Crippen molar-refractivity contribution in [1.29, 1.82) is 0 Å². The molecule has 2 rings (SSSR count). The monoisotopic (exact) mass is 321 g/mol. The third-order valence-corrected chi connectivity index (χ3v) is 3.47. The van der Waals surface area contributed by atoms with Gasteiger partial charge >= 0.3 is 0 Å². The van der Waals surface area contributed by atoms with Crippen LogP contribution in [0.3, 0.4) is 0 Å². The molecule has 114 valence electrons. The average Bonchev–Trinajstić information content (AvgIpc) is 2.41. The van der Waals surface area contributed by atoms with Gasteiger partial charge in [-0.25, -0.2) is 0 Å². The summed E-state index contributed by atoms with van der Waals surface area (Å²) in [7, 11) is 0. The fraction of sp³-hybridized carbons (Fsp3) is 0.538. The molecular formula is C13H21Cl2N3O2. The summed E-state index contributed by atoms with van der Waals surface area (Å²) in [6.45, 7) is 5.90. The van der Waals surface area contributed by atoms with Crippen molar-refractivity contribution in [3.8, 4) is 0 Å². The number of rotatable bonds is 4. The molecule has 1 saturated heterocycles. The van der Waals surface area contributed by atoms with Gasteiger partial charge in [-0.1, -0.05) is 25.1 Å². The molecular weight excluding hydrogens is 301 g/mol. The average molecular weight is 322 g/mol. The molecule has 1 aromatic rings. The van der Waals surface area contributed by atoms with Crippen molar-refractivity contribution < 1.29 is 4.92 Å². The lowest BCUT2D eigenvalue weighted by atomic mass is 10.00. The summed E-state index contributed by atoms with van der Waals surface area (Å²) in [5.74, 6) is 0. The predicted molar refractivity (Wildman–Crippen MR) is 85.1 cm³/mol. The molecule has 0 bridgehead atoms. The van der Waals surface area contributed by atoms with Crippen LogP contribution in [0.4, 0.5) is 5.69 Å². The van der Waals surface area contributed by atoms with Gasteiger partial charge < -0.3 is 5.32 Å². The van der Waals surface area contributed by atoms with Crippen LogP contribution in [0.5, 0.6) is 0 Å². The van der Waals surface area contributed by atoms with E-state index in [-0.39, 0.29) is 41.5 Å². The molecule has 20 heavy (non-hydrogen) atoms. The summed E-state index contributed by atoms with van der Waals surface area (Å²) >= 11 is 0. The minimum absolute atomic E-state index is 0. The number of nitro benzene ring substituents is 1. The fourth-order valence-electron chi connectivity index (χ4n) is 2.60. The zero-order valence-electron chi connectivity index (χ0n) is 11.4. The second-order valence-electron chi connectivity index (χ2n) is 4.53. The SMILES string of the molecule is CC[C@H](c1ccccc1[N+](=O)[O-])N1CCNCC1.Cl.Cl. The fourth-order valence-corrected chi connectivity index (χ4v) is 2.60. The minimum atomic E-state index is -0.278. The largest absolute Gasteiger partial charge is 0.314 e. The van der Waals surface area contributed by atoms with Gasteiger partial charge in [-0.15, -0.1) is 24.8 Å². The number of para-hydroxylation sites is 1. The van der Waals surface area contributed by atoms with E-state index in [9.17, 15) is 10.1 Å². The van der Waals surface area contributed by atoms with E-state index in [0.29, 0.717) is 0 Å². The Kier molecular flexibility index (Phi) is 8.73. The van der Waals surface area contributed by atoms with Crippen LogP contribution in [0.1, 0.15) is 24.9 Å². The van der Waals surface area contributed by atoms with E-state index in [1.165, 1.54) is 0 Å². The van der Waals surface area contributed by atoms with Gasteiger partial charge in [0.25, 0.3) is 5.69 Å². The number of nitro groups is 1. The quantitative estimate of drug-likeness (QED) is 0.684. The highest BCUT2D eigenvalue weighted by atomic mass is 35.5. The van der Waals surface area contributed by atoms with Gasteiger partial charge in [-0.3, -0.25) is 15.0 Å². The highest BCUT2D eigenvalue weighted by Gasteiger charge is 2.26. The molecule has 1 aliphatic rings. The lowest BCUT2D eigenvalue weighted by molar-refractivity contribution is -0.386. The zero-order chi connectivity index (χ0) is 13.0. The smallest absolute Gasteiger partial charge is 0.274 e. The second-order valence-corrected chi connectivity index (χ2v) is 4.53. The number of halogens is 2. The summed E-state index contributed by atoms with van der Waals surface area (Å²) in [5.41, 5.74) is 1.08. The molecule has 0 spiro atoms. The van der Waals surface area contributed by atoms with Crippen LogP contribution in [0.2, 0.25) is 0 Å². The first-order valence-electron chi connectivity index (χ1n) is 6.42. The van der Waals surface area contributed by atoms with E-state index in [1.54, 1.807) is 12.1 Å². The molecule has 7 heteroatoms. The Hall–Kier alpha value is -0.880. The van der Waals surface area contributed by atoms with E-state index in [2.05, 4.69) is 17.1 Å². The molecule has 1 atom stereocenters. The summed E-state index contributed by atoms with van der Waals surface area (Å²) < 4.78 is 0. The van der Waals surface area contributed by atoms with Crippen molar-refractivity contribution in [3.63, 3.8) is 0 Å². The molecule has 0 unspecified atom stereocenters. The van der Waals surface area contributed by atoms with Crippen LogP contribution in [0.25, 0.3) is 0 Å². The van der Waals surface area contributed by atoms with Crippen molar-refractivity contribution in [1.82, 2.24) is 10.2 Å². The number of piperazine rings is 1. The van der Waals surface area contributed by atoms with Gasteiger partial charge in [-0.2, -0.15) is 0 Å². The maximum absolute atomic E-state index is 11.1. The first kappa shape index (κ1) is 19.1. The first-order chi connectivity index (χ1) is 8.74. The molecule has 0 saturated carbocycles. The van der Waals surface area contributed by atoms with Gasteiger partial charge in [0, 0.05) is 43.9 Å². The van der Waals surface area contributed by atoms with Gasteiger partial charge in [0.1, 0.15) is 0 Å². The van der Waals surface area contributed by atoms with Gasteiger partial charge in [0.15, 0.2) is 0 Å². The van der Waals surface area contributed by atoms with Crippen LogP contribution in [-0.4, -0.2) is 36.0 Å². The Morgan fingerprint density at radius 2 is 1.90 bits per heavy atom. The van der Waals surface area contributed by atoms with E-state index in [1.807, 2.05) is 12.1 Å². The Bertz CT molecular complexity index is 426.